The van der Waals surface area contributed by atoms with Crippen molar-refractivity contribution in [2.75, 3.05) is 0 Å². The number of nitriles is 1. The number of carbonyl (C=O) groups is 1. The molecule has 2 bridgehead atoms. The number of hydrogen-bond donors (Lipinski definition) is 1. The molecule has 264 valence electrons. The summed E-state index contributed by atoms with van der Waals surface area (Å²) >= 11 is 0. The maximum absolute atomic E-state index is 15.6. The number of nitrogens with one attached hydrogen (secondary N) is 1. The number of nitrogens with zero attached hydrogens (tertiary/aromatic N) is 7. The Balaban J connectivity index is 1.25. The second-order valence-corrected chi connectivity index (χ2v) is 14.0. The molecular formula is C33H23F3N8O7S. The third kappa shape index (κ3) is 5.57. The number of non-ortho nitro benzene ring substituents is 1. The predicted molar refractivity (Wildman–Crippen MR) is 175 cm³/mol. The highest BCUT2D eigenvalue weighted by Gasteiger charge is 2.50. The first-order valence-corrected chi connectivity index (χ1v) is 17.0. The van der Waals surface area contributed by atoms with E-state index in [1.54, 1.807) is 6.07 Å². The third-order valence-electron chi connectivity index (χ3n) is 9.45. The Hall–Kier alpha value is -6.26. The monoisotopic (exact) mass is 732 g/mol. The smallest absolute Gasteiger partial charge is 0.296 e. The van der Waals surface area contributed by atoms with Crippen molar-refractivity contribution in [1.82, 2.24) is 24.6 Å². The van der Waals surface area contributed by atoms with E-state index in [-0.39, 0.29) is 50.8 Å². The minimum Gasteiger partial charge on any atom is -0.331 e. The summed E-state index contributed by atoms with van der Waals surface area (Å²) in [4.78, 5) is 35.7. The van der Waals surface area contributed by atoms with Gasteiger partial charge >= 0.3 is 0 Å². The second kappa shape index (κ2) is 12.5. The van der Waals surface area contributed by atoms with Crippen molar-refractivity contribution in [2.24, 2.45) is 7.05 Å². The molecule has 1 aromatic heterocycles. The number of aryl methyl sites for hydroxylation is 1. The van der Waals surface area contributed by atoms with Crippen molar-refractivity contribution >= 4 is 38.3 Å². The van der Waals surface area contributed by atoms with E-state index in [4.69, 9.17) is 0 Å². The molecule has 2 saturated heterocycles. The fourth-order valence-corrected chi connectivity index (χ4v) is 8.54. The van der Waals surface area contributed by atoms with Gasteiger partial charge < -0.3 is 4.90 Å². The summed E-state index contributed by atoms with van der Waals surface area (Å²) in [6.45, 7) is 0. The average Bonchev–Trinajstić information content (AvgIpc) is 3.81. The SMILES string of the molecule is Cn1nnc2cc(-c3ccc(C(=O)N4[C@@H]5CC[C@H]4[C@@H](NS(=O)(=O)c4ccc([N+](=O)[O-])cc4[N+](=O)[O-])C5)cc3-c3ccc(C#N)c(F)c3)c(F)c(F)c21. The van der Waals surface area contributed by atoms with Gasteiger partial charge in [0.2, 0.25) is 10.0 Å². The van der Waals surface area contributed by atoms with Crippen LogP contribution in [0.5, 0.6) is 0 Å². The van der Waals surface area contributed by atoms with E-state index in [1.165, 1.54) is 48.3 Å². The lowest BCUT2D eigenvalue weighted by atomic mass is 9.91. The van der Waals surface area contributed by atoms with Crippen LogP contribution in [-0.2, 0) is 17.1 Å². The Kier molecular flexibility index (Phi) is 8.22. The molecule has 0 unspecified atom stereocenters. The predicted octanol–water partition coefficient (Wildman–Crippen LogP) is 5.13. The molecule has 2 aliphatic rings. The van der Waals surface area contributed by atoms with Crippen LogP contribution >= 0.6 is 0 Å². The molecule has 2 fully saturated rings. The summed E-state index contributed by atoms with van der Waals surface area (Å²) in [7, 11) is -3.20. The first-order chi connectivity index (χ1) is 24.7. The summed E-state index contributed by atoms with van der Waals surface area (Å²) in [5, 5.41) is 39.7. The molecule has 2 aliphatic heterocycles. The fourth-order valence-electron chi connectivity index (χ4n) is 7.10. The molecule has 1 amide bonds. The lowest BCUT2D eigenvalue weighted by Gasteiger charge is -2.25. The number of rotatable bonds is 8. The highest BCUT2D eigenvalue weighted by molar-refractivity contribution is 7.89. The number of amides is 1. The van der Waals surface area contributed by atoms with Crippen LogP contribution in [0.4, 0.5) is 24.5 Å². The van der Waals surface area contributed by atoms with Crippen LogP contribution in [0.3, 0.4) is 0 Å². The van der Waals surface area contributed by atoms with Gasteiger partial charge in [-0.25, -0.2) is 31.0 Å². The summed E-state index contributed by atoms with van der Waals surface area (Å²) in [5.41, 5.74) is -1.94. The number of sulfonamides is 1. The Labute approximate surface area is 291 Å². The lowest BCUT2D eigenvalue weighted by molar-refractivity contribution is -0.396. The summed E-state index contributed by atoms with van der Waals surface area (Å²) < 4.78 is 76.1. The number of benzene rings is 4. The van der Waals surface area contributed by atoms with E-state index in [9.17, 15) is 43.1 Å². The number of aromatic nitrogens is 3. The van der Waals surface area contributed by atoms with Crippen molar-refractivity contribution < 1.29 is 36.2 Å². The first-order valence-electron chi connectivity index (χ1n) is 15.5. The van der Waals surface area contributed by atoms with Gasteiger partial charge in [0.15, 0.2) is 16.5 Å². The minimum atomic E-state index is -4.60. The molecule has 0 spiro atoms. The molecule has 0 saturated carbocycles. The van der Waals surface area contributed by atoms with Crippen molar-refractivity contribution in [3.05, 3.63) is 109 Å². The standard InChI is InChI=1S/C33H23F3N8O7S/c1-41-32-26(38-40-41)14-23(30(35)31(32)36)21-7-4-17(10-22(21)16-2-3-18(15-37)24(34)11-16)33(45)42-19-5-8-27(42)25(12-19)39-52(50,51)29-9-6-20(43(46)47)13-28(29)44(48)49/h2-4,6-7,9-11,13-14,19,25,27,39H,5,8,12H2,1H3/t19-,25+,27+/m1/s1. The maximum Gasteiger partial charge on any atom is 0.296 e. The van der Waals surface area contributed by atoms with Gasteiger partial charge in [0, 0.05) is 42.4 Å². The van der Waals surface area contributed by atoms with Crippen LogP contribution in [0.15, 0.2) is 65.6 Å². The molecule has 1 N–H and O–H groups in total. The third-order valence-corrected chi connectivity index (χ3v) is 11.0. The molecule has 0 aliphatic carbocycles. The van der Waals surface area contributed by atoms with Gasteiger partial charge in [0.25, 0.3) is 17.3 Å². The molecule has 0 radical (unpaired) electrons. The van der Waals surface area contributed by atoms with Gasteiger partial charge in [-0.3, -0.25) is 25.0 Å². The van der Waals surface area contributed by atoms with E-state index in [2.05, 4.69) is 15.0 Å². The van der Waals surface area contributed by atoms with Crippen LogP contribution in [0.1, 0.15) is 35.2 Å². The average molecular weight is 733 g/mol. The molecule has 5 aromatic rings. The van der Waals surface area contributed by atoms with E-state index in [0.717, 1.165) is 22.9 Å². The number of halogens is 3. The van der Waals surface area contributed by atoms with E-state index >= 15 is 8.78 Å². The van der Waals surface area contributed by atoms with Gasteiger partial charge in [-0.15, -0.1) is 5.10 Å². The Morgan fingerprint density at radius 1 is 0.962 bits per heavy atom. The zero-order valence-corrected chi connectivity index (χ0v) is 27.5. The van der Waals surface area contributed by atoms with Gasteiger partial charge in [0.1, 0.15) is 22.9 Å². The molecule has 15 nitrogen and oxygen atoms in total. The van der Waals surface area contributed by atoms with E-state index in [0.29, 0.717) is 18.9 Å². The van der Waals surface area contributed by atoms with Gasteiger partial charge in [-0.2, -0.15) is 5.26 Å². The number of hydrogen-bond acceptors (Lipinski definition) is 10. The Morgan fingerprint density at radius 3 is 2.42 bits per heavy atom. The minimum absolute atomic E-state index is 0.0368. The largest absolute Gasteiger partial charge is 0.331 e. The first kappa shape index (κ1) is 34.2. The van der Waals surface area contributed by atoms with Crippen LogP contribution in [0, 0.1) is 49.0 Å². The second-order valence-electron chi connectivity index (χ2n) is 12.3. The zero-order chi connectivity index (χ0) is 37.2. The number of fused-ring (bicyclic) bond motifs is 3. The molecule has 3 atom stereocenters. The van der Waals surface area contributed by atoms with Gasteiger partial charge in [-0.05, 0) is 72.4 Å². The number of nitro groups is 2. The lowest BCUT2D eigenvalue weighted by Crippen LogP contribution is -2.45. The topological polar surface area (TPSA) is 207 Å². The quantitative estimate of drug-likeness (QED) is 0.164. The highest BCUT2D eigenvalue weighted by Crippen LogP contribution is 2.42. The van der Waals surface area contributed by atoms with Gasteiger partial charge in [-0.1, -0.05) is 17.3 Å². The van der Waals surface area contributed by atoms with Crippen LogP contribution in [0.2, 0.25) is 0 Å². The molecule has 7 rings (SSSR count). The summed E-state index contributed by atoms with van der Waals surface area (Å²) in [5.74, 6) is -3.90. The van der Waals surface area contributed by atoms with Crippen molar-refractivity contribution in [1.29, 1.82) is 5.26 Å². The summed E-state index contributed by atoms with van der Waals surface area (Å²) in [6, 6.07) is 10.9. The van der Waals surface area contributed by atoms with Crippen LogP contribution < -0.4 is 4.72 Å². The molecule has 19 heteroatoms. The molecule has 4 aromatic carbocycles. The Morgan fingerprint density at radius 2 is 1.73 bits per heavy atom. The van der Waals surface area contributed by atoms with E-state index < -0.39 is 77.6 Å². The summed E-state index contributed by atoms with van der Waals surface area (Å²) in [6.07, 6.45) is 1.05. The van der Waals surface area contributed by atoms with E-state index in [1.807, 2.05) is 0 Å². The van der Waals surface area contributed by atoms with Crippen molar-refractivity contribution in [3.63, 3.8) is 0 Å². The molecule has 52 heavy (non-hydrogen) atoms. The number of carbonyl (C=O) groups excluding carboxylic acids is 1. The van der Waals surface area contributed by atoms with Crippen molar-refractivity contribution in [2.45, 2.75) is 42.3 Å². The normalized spacial score (nSPS) is 18.1. The number of nitro benzene ring substituents is 2. The fraction of sp³-hybridized carbons (Fsp3) is 0.212. The van der Waals surface area contributed by atoms with Gasteiger partial charge in [0.05, 0.1) is 21.5 Å². The Bertz CT molecular complexity index is 2540. The van der Waals surface area contributed by atoms with Crippen LogP contribution in [0.25, 0.3) is 33.3 Å². The zero-order valence-electron chi connectivity index (χ0n) is 26.7. The maximum atomic E-state index is 15.6. The molecule has 3 heterocycles. The highest BCUT2D eigenvalue weighted by atomic mass is 32.2. The van der Waals surface area contributed by atoms with Crippen molar-refractivity contribution in [3.8, 4) is 28.3 Å². The molecular weight excluding hydrogens is 709 g/mol. The van der Waals surface area contributed by atoms with Crippen LogP contribution in [-0.4, -0.2) is 62.2 Å².